The number of methoxy groups -OCH3 is 1. The molecule has 0 aromatic carbocycles. The van der Waals surface area contributed by atoms with E-state index in [9.17, 15) is 27.6 Å². The summed E-state index contributed by atoms with van der Waals surface area (Å²) in [6.07, 6.45) is 0.518. The summed E-state index contributed by atoms with van der Waals surface area (Å²) in [4.78, 5) is 46.0. The van der Waals surface area contributed by atoms with Crippen molar-refractivity contribution in [1.29, 1.82) is 0 Å². The number of fused-ring (bicyclic) bond motifs is 1. The Labute approximate surface area is 267 Å². The number of amides is 3. The molecule has 2 unspecified atom stereocenters. The molecule has 1 aromatic heterocycles. The first-order valence-corrected chi connectivity index (χ1v) is 16.7. The highest BCUT2D eigenvalue weighted by molar-refractivity contribution is 5.96. The molecular formula is C32H46F3N5O6. The molecule has 5 fully saturated rings. The van der Waals surface area contributed by atoms with E-state index in [0.29, 0.717) is 69.9 Å². The Kier molecular flexibility index (Phi) is 8.73. The minimum atomic E-state index is -4.79. The predicted octanol–water partition coefficient (Wildman–Crippen LogP) is 5.03. The number of aromatic nitrogens is 1. The third kappa shape index (κ3) is 5.94. The van der Waals surface area contributed by atoms with E-state index in [2.05, 4.69) is 28.4 Å². The van der Waals surface area contributed by atoms with Gasteiger partial charge in [-0.15, -0.1) is 0 Å². The van der Waals surface area contributed by atoms with Crippen LogP contribution < -0.4 is 0 Å². The number of nitrogens with zero attached hydrogens (tertiary/aromatic N) is 5. The van der Waals surface area contributed by atoms with Crippen LogP contribution in [0.25, 0.3) is 0 Å². The Hall–Kier alpha value is -3.03. The van der Waals surface area contributed by atoms with Crippen molar-refractivity contribution in [2.45, 2.75) is 83.0 Å². The lowest BCUT2D eigenvalue weighted by Crippen LogP contribution is -2.63. The highest BCUT2D eigenvalue weighted by Gasteiger charge is 2.59. The standard InChI is InChI=1S/C32H46F3N5O6/c1-5-6-7-21-16-38(17-22-23-18-39(19-24(22)23)28(42)44-4)29(43)45-31(21)10-14-40(15-11-31)30(3)8-12-37(13-9-30)27(41)25-20(2)36-46-26(25)32(33,34)35/h21-24H,5-19H2,1-4H3/t21?,22?,23-,24+. The van der Waals surface area contributed by atoms with E-state index in [-0.39, 0.29) is 29.3 Å². The van der Waals surface area contributed by atoms with Gasteiger partial charge in [0, 0.05) is 76.7 Å². The van der Waals surface area contributed by atoms with E-state index in [1.807, 2.05) is 4.90 Å². The lowest BCUT2D eigenvalue weighted by atomic mass is 9.74. The Morgan fingerprint density at radius 2 is 1.67 bits per heavy atom. The zero-order chi connectivity index (χ0) is 33.0. The second kappa shape index (κ2) is 12.2. The molecule has 11 nitrogen and oxygen atoms in total. The number of ether oxygens (including phenoxy) is 2. The van der Waals surface area contributed by atoms with Gasteiger partial charge < -0.3 is 28.7 Å². The lowest BCUT2D eigenvalue weighted by molar-refractivity contribution is -0.156. The maximum Gasteiger partial charge on any atom is 0.453 e. The number of rotatable bonds is 7. The third-order valence-corrected chi connectivity index (χ3v) is 11.7. The molecule has 0 N–H and O–H groups in total. The number of unbranched alkanes of at least 4 members (excludes halogenated alkanes) is 1. The quantitative estimate of drug-likeness (QED) is 0.403. The van der Waals surface area contributed by atoms with E-state index in [0.717, 1.165) is 45.2 Å². The van der Waals surface area contributed by atoms with Gasteiger partial charge in [0.15, 0.2) is 0 Å². The van der Waals surface area contributed by atoms with Crippen LogP contribution in [0.5, 0.6) is 0 Å². The Balaban J connectivity index is 1.05. The van der Waals surface area contributed by atoms with Crippen LogP contribution in [0.4, 0.5) is 22.8 Å². The smallest absolute Gasteiger partial charge is 0.453 e. The predicted molar refractivity (Wildman–Crippen MR) is 159 cm³/mol. The minimum Gasteiger partial charge on any atom is -0.453 e. The Morgan fingerprint density at radius 1 is 1.02 bits per heavy atom. The summed E-state index contributed by atoms with van der Waals surface area (Å²) in [5.41, 5.74) is -1.29. The summed E-state index contributed by atoms with van der Waals surface area (Å²) in [7, 11) is 1.40. The molecular weight excluding hydrogens is 607 g/mol. The van der Waals surface area contributed by atoms with E-state index >= 15 is 0 Å². The van der Waals surface area contributed by atoms with Gasteiger partial charge in [0.1, 0.15) is 11.2 Å². The van der Waals surface area contributed by atoms with Crippen molar-refractivity contribution in [3.8, 4) is 0 Å². The molecule has 4 aliphatic heterocycles. The summed E-state index contributed by atoms with van der Waals surface area (Å²) >= 11 is 0. The van der Waals surface area contributed by atoms with Gasteiger partial charge in [-0.05, 0) is 50.9 Å². The van der Waals surface area contributed by atoms with Crippen molar-refractivity contribution in [1.82, 2.24) is 24.8 Å². The van der Waals surface area contributed by atoms with Gasteiger partial charge in [-0.3, -0.25) is 9.69 Å². The molecule has 3 amide bonds. The summed E-state index contributed by atoms with van der Waals surface area (Å²) in [6, 6.07) is 0. The van der Waals surface area contributed by atoms with Gasteiger partial charge in [-0.1, -0.05) is 24.9 Å². The van der Waals surface area contributed by atoms with Crippen LogP contribution in [0.15, 0.2) is 4.52 Å². The fraction of sp³-hybridized carbons (Fsp3) is 0.812. The molecule has 1 aromatic rings. The highest BCUT2D eigenvalue weighted by Crippen LogP contribution is 2.53. The number of halogens is 3. The monoisotopic (exact) mass is 653 g/mol. The van der Waals surface area contributed by atoms with Crippen LogP contribution in [-0.2, 0) is 15.7 Å². The lowest BCUT2D eigenvalue weighted by Gasteiger charge is -2.55. The average molecular weight is 654 g/mol. The van der Waals surface area contributed by atoms with Crippen LogP contribution in [0, 0.1) is 30.6 Å². The number of alkyl halides is 3. The topological polar surface area (TPSA) is 109 Å². The number of aryl methyl sites for hydroxylation is 1. The van der Waals surface area contributed by atoms with Crippen molar-refractivity contribution in [2.24, 2.45) is 23.7 Å². The van der Waals surface area contributed by atoms with Crippen LogP contribution in [-0.4, -0.2) is 113 Å². The molecule has 46 heavy (non-hydrogen) atoms. The molecule has 256 valence electrons. The molecule has 5 aliphatic rings. The maximum atomic E-state index is 13.4. The second-order valence-corrected chi connectivity index (χ2v) is 14.3. The van der Waals surface area contributed by atoms with Crippen LogP contribution >= 0.6 is 0 Å². The summed E-state index contributed by atoms with van der Waals surface area (Å²) < 4.78 is 56.1. The van der Waals surface area contributed by atoms with Crippen LogP contribution in [0.2, 0.25) is 0 Å². The number of piperidine rings is 3. The van der Waals surface area contributed by atoms with Gasteiger partial charge in [0.2, 0.25) is 0 Å². The van der Waals surface area contributed by atoms with Crippen LogP contribution in [0.1, 0.15) is 80.6 Å². The fourth-order valence-electron chi connectivity index (χ4n) is 8.65. The first kappa shape index (κ1) is 32.9. The average Bonchev–Trinajstić information content (AvgIpc) is 3.32. The molecule has 4 atom stereocenters. The normalized spacial score (nSPS) is 29.1. The molecule has 0 radical (unpaired) electrons. The van der Waals surface area contributed by atoms with Gasteiger partial charge in [0.05, 0.1) is 12.8 Å². The Bertz CT molecular complexity index is 1310. The van der Waals surface area contributed by atoms with Gasteiger partial charge in [-0.2, -0.15) is 13.2 Å². The maximum absolute atomic E-state index is 13.4. The molecule has 1 aliphatic carbocycles. The second-order valence-electron chi connectivity index (χ2n) is 14.3. The number of hydrogen-bond acceptors (Lipinski definition) is 8. The summed E-state index contributed by atoms with van der Waals surface area (Å²) in [5.74, 6) is -0.585. The minimum absolute atomic E-state index is 0.0598. The zero-order valence-corrected chi connectivity index (χ0v) is 27.2. The Morgan fingerprint density at radius 3 is 2.26 bits per heavy atom. The molecule has 6 rings (SSSR count). The fourth-order valence-corrected chi connectivity index (χ4v) is 8.65. The molecule has 0 bridgehead atoms. The molecule has 1 saturated carbocycles. The first-order chi connectivity index (χ1) is 21.8. The van der Waals surface area contributed by atoms with Gasteiger partial charge >= 0.3 is 18.4 Å². The van der Waals surface area contributed by atoms with Crippen molar-refractivity contribution in [3.63, 3.8) is 0 Å². The van der Waals surface area contributed by atoms with E-state index in [1.165, 1.54) is 18.9 Å². The van der Waals surface area contributed by atoms with Crippen LogP contribution in [0.3, 0.4) is 0 Å². The van der Waals surface area contributed by atoms with Crippen molar-refractivity contribution < 1.29 is 41.6 Å². The molecule has 5 heterocycles. The number of hydrogen-bond donors (Lipinski definition) is 0. The van der Waals surface area contributed by atoms with Gasteiger partial charge in [-0.25, -0.2) is 9.59 Å². The van der Waals surface area contributed by atoms with E-state index in [4.69, 9.17) is 9.47 Å². The zero-order valence-electron chi connectivity index (χ0n) is 27.2. The van der Waals surface area contributed by atoms with Crippen molar-refractivity contribution >= 4 is 18.1 Å². The molecule has 1 spiro atoms. The van der Waals surface area contributed by atoms with Crippen molar-refractivity contribution in [3.05, 3.63) is 17.0 Å². The highest BCUT2D eigenvalue weighted by atomic mass is 19.4. The molecule has 4 saturated heterocycles. The number of carbonyl (C=O) groups is 3. The molecule has 14 heteroatoms. The number of carbonyl (C=O) groups excluding carboxylic acids is 3. The summed E-state index contributed by atoms with van der Waals surface area (Å²) in [5, 5.41) is 3.41. The summed E-state index contributed by atoms with van der Waals surface area (Å²) in [6.45, 7) is 10.6. The van der Waals surface area contributed by atoms with Gasteiger partial charge in [0.25, 0.3) is 11.7 Å². The number of likely N-dealkylation sites (tertiary alicyclic amines) is 3. The van der Waals surface area contributed by atoms with E-state index < -0.39 is 29.0 Å². The largest absolute Gasteiger partial charge is 0.453 e. The SMILES string of the molecule is CCCCC1CN(CC2[C@H]3CN(C(=O)OC)C[C@@H]23)C(=O)OC12CCN(C1(C)CCN(C(=O)c3c(C)noc3C(F)(F)F)CC1)CC2. The van der Waals surface area contributed by atoms with E-state index in [1.54, 1.807) is 4.90 Å². The third-order valence-electron chi connectivity index (χ3n) is 11.7. The first-order valence-electron chi connectivity index (χ1n) is 16.7. The van der Waals surface area contributed by atoms with Crippen molar-refractivity contribution in [2.75, 3.05) is 59.5 Å².